The third-order valence-corrected chi connectivity index (χ3v) is 4.65. The molecule has 1 saturated carbocycles. The monoisotopic (exact) mass is 295 g/mol. The van der Waals surface area contributed by atoms with Crippen molar-refractivity contribution in [2.75, 3.05) is 13.7 Å². The molecule has 0 saturated heterocycles. The maximum absolute atomic E-state index is 5.92. The summed E-state index contributed by atoms with van der Waals surface area (Å²) in [6.45, 7) is 5.47. The third-order valence-electron chi connectivity index (χ3n) is 4.40. The van der Waals surface area contributed by atoms with E-state index in [2.05, 4.69) is 19.2 Å². The molecule has 1 aromatic rings. The van der Waals surface area contributed by atoms with Gasteiger partial charge in [0.15, 0.2) is 0 Å². The van der Waals surface area contributed by atoms with E-state index < -0.39 is 0 Å². The van der Waals surface area contributed by atoms with E-state index in [0.717, 1.165) is 29.2 Å². The topological polar surface area (TPSA) is 21.3 Å². The first kappa shape index (κ1) is 15.7. The molecule has 0 radical (unpaired) electrons. The highest BCUT2D eigenvalue weighted by Crippen LogP contribution is 2.34. The van der Waals surface area contributed by atoms with E-state index in [4.69, 9.17) is 16.3 Å². The molecule has 1 aromatic carbocycles. The van der Waals surface area contributed by atoms with Gasteiger partial charge in [0.05, 0.1) is 0 Å². The second-order valence-corrected chi connectivity index (χ2v) is 6.77. The minimum atomic E-state index is 0.427. The van der Waals surface area contributed by atoms with Crippen LogP contribution in [-0.2, 0) is 0 Å². The summed E-state index contributed by atoms with van der Waals surface area (Å²) in [6, 6.07) is 8.03. The molecule has 0 aliphatic heterocycles. The quantitative estimate of drug-likeness (QED) is 0.870. The number of likely N-dealkylation sites (N-methyl/N-ethyl adjacent to an activating group) is 1. The van der Waals surface area contributed by atoms with Crippen molar-refractivity contribution >= 4 is 11.6 Å². The smallest absolute Gasteiger partial charge is 0.119 e. The molecule has 0 heterocycles. The summed E-state index contributed by atoms with van der Waals surface area (Å²) in [7, 11) is 2.04. The standard InChI is InChI=1S/C17H26ClNO/c1-12-8-13(2)10-14(9-12)17(19-3)11-20-16-6-4-15(18)5-7-16/h4-7,12-14,17,19H,8-11H2,1-3H3. The number of rotatable bonds is 5. The van der Waals surface area contributed by atoms with Crippen molar-refractivity contribution < 1.29 is 4.74 Å². The first-order valence-corrected chi connectivity index (χ1v) is 8.02. The maximum atomic E-state index is 5.92. The lowest BCUT2D eigenvalue weighted by molar-refractivity contribution is 0.143. The van der Waals surface area contributed by atoms with Crippen LogP contribution in [0, 0.1) is 17.8 Å². The Morgan fingerprint density at radius 2 is 1.75 bits per heavy atom. The van der Waals surface area contributed by atoms with Gasteiger partial charge >= 0.3 is 0 Å². The predicted octanol–water partition coefficient (Wildman–Crippen LogP) is 4.38. The molecule has 3 heteroatoms. The number of ether oxygens (including phenoxy) is 1. The molecule has 1 aliphatic rings. The average molecular weight is 296 g/mol. The summed E-state index contributed by atoms with van der Waals surface area (Å²) < 4.78 is 5.92. The minimum Gasteiger partial charge on any atom is -0.492 e. The van der Waals surface area contributed by atoms with Crippen LogP contribution >= 0.6 is 11.6 Å². The van der Waals surface area contributed by atoms with Gasteiger partial charge in [-0.05, 0) is 68.3 Å². The van der Waals surface area contributed by atoms with Gasteiger partial charge in [0.1, 0.15) is 12.4 Å². The SMILES string of the molecule is CNC(COc1ccc(Cl)cc1)C1CC(C)CC(C)C1. The zero-order valence-electron chi connectivity index (χ0n) is 12.7. The van der Waals surface area contributed by atoms with Crippen LogP contribution in [0.25, 0.3) is 0 Å². The lowest BCUT2D eigenvalue weighted by Gasteiger charge is -2.36. The highest BCUT2D eigenvalue weighted by Gasteiger charge is 2.29. The van der Waals surface area contributed by atoms with Crippen molar-refractivity contribution in [1.29, 1.82) is 0 Å². The molecule has 20 heavy (non-hydrogen) atoms. The minimum absolute atomic E-state index is 0.427. The lowest BCUT2D eigenvalue weighted by Crippen LogP contribution is -2.42. The summed E-state index contributed by atoms with van der Waals surface area (Å²) in [5.41, 5.74) is 0. The van der Waals surface area contributed by atoms with E-state index in [0.29, 0.717) is 12.0 Å². The number of hydrogen-bond donors (Lipinski definition) is 1. The van der Waals surface area contributed by atoms with Gasteiger partial charge in [-0.15, -0.1) is 0 Å². The summed E-state index contributed by atoms with van der Waals surface area (Å²) in [6.07, 6.45) is 3.98. The van der Waals surface area contributed by atoms with Gasteiger partial charge in [0.2, 0.25) is 0 Å². The fraction of sp³-hybridized carbons (Fsp3) is 0.647. The molecule has 112 valence electrons. The summed E-state index contributed by atoms with van der Waals surface area (Å²) in [5, 5.41) is 4.19. The van der Waals surface area contributed by atoms with Gasteiger partial charge < -0.3 is 10.1 Å². The molecule has 0 spiro atoms. The van der Waals surface area contributed by atoms with E-state index in [9.17, 15) is 0 Å². The highest BCUT2D eigenvalue weighted by atomic mass is 35.5. The lowest BCUT2D eigenvalue weighted by atomic mass is 9.74. The summed E-state index contributed by atoms with van der Waals surface area (Å²) >= 11 is 5.89. The van der Waals surface area contributed by atoms with Gasteiger partial charge in [0.25, 0.3) is 0 Å². The van der Waals surface area contributed by atoms with Gasteiger partial charge in [-0.25, -0.2) is 0 Å². The number of hydrogen-bond acceptors (Lipinski definition) is 2. The van der Waals surface area contributed by atoms with Crippen molar-refractivity contribution in [2.24, 2.45) is 17.8 Å². The molecule has 3 atom stereocenters. The highest BCUT2D eigenvalue weighted by molar-refractivity contribution is 6.30. The fourth-order valence-electron chi connectivity index (χ4n) is 3.51. The van der Waals surface area contributed by atoms with Crippen LogP contribution in [-0.4, -0.2) is 19.7 Å². The first-order valence-electron chi connectivity index (χ1n) is 7.64. The van der Waals surface area contributed by atoms with Gasteiger partial charge in [0, 0.05) is 11.1 Å². The fourth-order valence-corrected chi connectivity index (χ4v) is 3.64. The van der Waals surface area contributed by atoms with Crippen LogP contribution in [0.3, 0.4) is 0 Å². The second-order valence-electron chi connectivity index (χ2n) is 6.34. The van der Waals surface area contributed by atoms with Crippen LogP contribution in [0.15, 0.2) is 24.3 Å². The van der Waals surface area contributed by atoms with Crippen LogP contribution < -0.4 is 10.1 Å². The predicted molar refractivity (Wildman–Crippen MR) is 85.5 cm³/mol. The molecule has 0 amide bonds. The van der Waals surface area contributed by atoms with Gasteiger partial charge in [-0.1, -0.05) is 25.4 Å². The van der Waals surface area contributed by atoms with Crippen LogP contribution in [0.5, 0.6) is 5.75 Å². The largest absolute Gasteiger partial charge is 0.492 e. The van der Waals surface area contributed by atoms with E-state index in [-0.39, 0.29) is 0 Å². The van der Waals surface area contributed by atoms with E-state index in [1.54, 1.807) is 0 Å². The molecular weight excluding hydrogens is 270 g/mol. The van der Waals surface area contributed by atoms with Crippen molar-refractivity contribution in [3.63, 3.8) is 0 Å². The van der Waals surface area contributed by atoms with Gasteiger partial charge in [-0.3, -0.25) is 0 Å². The van der Waals surface area contributed by atoms with Crippen LogP contribution in [0.4, 0.5) is 0 Å². The molecule has 1 fully saturated rings. The molecular formula is C17H26ClNO. The Balaban J connectivity index is 1.89. The molecule has 2 nitrogen and oxygen atoms in total. The molecule has 0 aromatic heterocycles. The van der Waals surface area contributed by atoms with E-state index in [1.807, 2.05) is 31.3 Å². The Morgan fingerprint density at radius 3 is 2.30 bits per heavy atom. The second kappa shape index (κ2) is 7.33. The van der Waals surface area contributed by atoms with Gasteiger partial charge in [-0.2, -0.15) is 0 Å². The third kappa shape index (κ3) is 4.39. The molecule has 3 unspecified atom stereocenters. The summed E-state index contributed by atoms with van der Waals surface area (Å²) in [5.74, 6) is 3.27. The Morgan fingerprint density at radius 1 is 1.15 bits per heavy atom. The summed E-state index contributed by atoms with van der Waals surface area (Å²) in [4.78, 5) is 0. The number of benzene rings is 1. The Bertz CT molecular complexity index is 396. The normalized spacial score (nSPS) is 28.1. The molecule has 1 N–H and O–H groups in total. The number of halogens is 1. The van der Waals surface area contributed by atoms with Crippen LogP contribution in [0.1, 0.15) is 33.1 Å². The van der Waals surface area contributed by atoms with Crippen molar-refractivity contribution in [2.45, 2.75) is 39.2 Å². The Labute approximate surface area is 127 Å². The zero-order valence-corrected chi connectivity index (χ0v) is 13.5. The molecule has 2 rings (SSSR count). The Kier molecular flexibility index (Phi) is 5.74. The van der Waals surface area contributed by atoms with Crippen molar-refractivity contribution in [1.82, 2.24) is 5.32 Å². The van der Waals surface area contributed by atoms with E-state index in [1.165, 1.54) is 19.3 Å². The van der Waals surface area contributed by atoms with Crippen molar-refractivity contribution in [3.8, 4) is 5.75 Å². The molecule has 1 aliphatic carbocycles. The zero-order chi connectivity index (χ0) is 14.5. The van der Waals surface area contributed by atoms with E-state index >= 15 is 0 Å². The Hall–Kier alpha value is -0.730. The molecule has 0 bridgehead atoms. The van der Waals surface area contributed by atoms with Crippen LogP contribution in [0.2, 0.25) is 5.02 Å². The average Bonchev–Trinajstić information content (AvgIpc) is 2.40. The first-order chi connectivity index (χ1) is 9.58. The van der Waals surface area contributed by atoms with Crippen molar-refractivity contribution in [3.05, 3.63) is 29.3 Å². The number of nitrogens with one attached hydrogen (secondary N) is 1. The maximum Gasteiger partial charge on any atom is 0.119 e.